The van der Waals surface area contributed by atoms with Crippen molar-refractivity contribution in [1.29, 1.82) is 0 Å². The largest absolute Gasteiger partial charge is 0.481 e. The molecule has 1 fully saturated rings. The van der Waals surface area contributed by atoms with Crippen LogP contribution in [0.1, 0.15) is 84.0 Å². The minimum Gasteiger partial charge on any atom is -0.481 e. The van der Waals surface area contributed by atoms with Crippen molar-refractivity contribution in [2.45, 2.75) is 96.1 Å². The molecule has 144 valence electrons. The molecule has 1 aliphatic heterocycles. The first-order chi connectivity index (χ1) is 12.0. The fourth-order valence-electron chi connectivity index (χ4n) is 3.31. The van der Waals surface area contributed by atoms with Crippen molar-refractivity contribution in [1.82, 2.24) is 4.90 Å². The van der Waals surface area contributed by atoms with Gasteiger partial charge in [0.1, 0.15) is 0 Å². The van der Waals surface area contributed by atoms with Crippen molar-refractivity contribution in [3.63, 3.8) is 0 Å². The molecule has 0 saturated carbocycles. The Hall–Kier alpha value is -1.36. The van der Waals surface area contributed by atoms with Crippen LogP contribution >= 0.6 is 0 Å². The molecule has 1 rings (SSSR count). The second-order valence-electron chi connectivity index (χ2n) is 7.05. The number of piperidine rings is 1. The first kappa shape index (κ1) is 21.7. The highest BCUT2D eigenvalue weighted by Crippen LogP contribution is 2.21. The van der Waals surface area contributed by atoms with E-state index < -0.39 is 12.1 Å². The molecule has 0 aliphatic carbocycles. The molecule has 1 saturated heterocycles. The van der Waals surface area contributed by atoms with Gasteiger partial charge < -0.3 is 15.1 Å². The predicted octanol–water partition coefficient (Wildman–Crippen LogP) is 3.90. The second-order valence-corrected chi connectivity index (χ2v) is 7.05. The zero-order valence-electron chi connectivity index (χ0n) is 15.7. The van der Waals surface area contributed by atoms with Crippen molar-refractivity contribution in [2.75, 3.05) is 6.54 Å². The van der Waals surface area contributed by atoms with Gasteiger partial charge in [-0.2, -0.15) is 0 Å². The van der Waals surface area contributed by atoms with Crippen LogP contribution in [0.15, 0.2) is 12.2 Å². The number of hydrogen-bond acceptors (Lipinski definition) is 3. The lowest BCUT2D eigenvalue weighted by Gasteiger charge is -2.34. The van der Waals surface area contributed by atoms with Gasteiger partial charge in [0.05, 0.1) is 12.1 Å². The molecule has 1 aliphatic rings. The second kappa shape index (κ2) is 12.9. The van der Waals surface area contributed by atoms with Crippen LogP contribution in [0, 0.1) is 0 Å². The number of aliphatic hydroxyl groups is 1. The van der Waals surface area contributed by atoms with Gasteiger partial charge in [-0.3, -0.25) is 9.59 Å². The predicted molar refractivity (Wildman–Crippen MR) is 99.4 cm³/mol. The first-order valence-corrected chi connectivity index (χ1v) is 9.92. The van der Waals surface area contributed by atoms with Crippen LogP contribution in [-0.2, 0) is 9.59 Å². The zero-order valence-corrected chi connectivity index (χ0v) is 15.7. The average molecular weight is 354 g/mol. The molecule has 2 atom stereocenters. The molecule has 5 heteroatoms. The van der Waals surface area contributed by atoms with E-state index in [9.17, 15) is 14.7 Å². The van der Waals surface area contributed by atoms with E-state index in [1.807, 2.05) is 17.1 Å². The van der Waals surface area contributed by atoms with Crippen LogP contribution in [0.5, 0.6) is 0 Å². The lowest BCUT2D eigenvalue weighted by atomic mass is 9.99. The Bertz CT molecular complexity index is 422. The quantitative estimate of drug-likeness (QED) is 0.389. The smallest absolute Gasteiger partial charge is 0.303 e. The van der Waals surface area contributed by atoms with E-state index in [1.54, 1.807) is 0 Å². The highest BCUT2D eigenvalue weighted by molar-refractivity contribution is 5.77. The van der Waals surface area contributed by atoms with Crippen LogP contribution < -0.4 is 0 Å². The van der Waals surface area contributed by atoms with Gasteiger partial charge in [-0.25, -0.2) is 0 Å². The number of hydrogen-bond donors (Lipinski definition) is 2. The summed E-state index contributed by atoms with van der Waals surface area (Å²) in [6, 6.07) is 0.0982. The van der Waals surface area contributed by atoms with Crippen molar-refractivity contribution in [2.24, 2.45) is 0 Å². The molecule has 0 spiro atoms. The molecule has 0 aromatic heterocycles. The molecule has 1 unspecified atom stereocenters. The normalized spacial score (nSPS) is 19.5. The Morgan fingerprint density at radius 1 is 1.24 bits per heavy atom. The number of nitrogens with zero attached hydrogens (tertiary/aromatic N) is 1. The Labute approximate surface area is 152 Å². The molecule has 1 heterocycles. The fourth-order valence-corrected chi connectivity index (χ4v) is 3.31. The van der Waals surface area contributed by atoms with Crippen LogP contribution in [0.4, 0.5) is 0 Å². The van der Waals surface area contributed by atoms with E-state index >= 15 is 0 Å². The van der Waals surface area contributed by atoms with Crippen molar-refractivity contribution in [3.8, 4) is 0 Å². The summed E-state index contributed by atoms with van der Waals surface area (Å²) in [5.41, 5.74) is 0. The van der Waals surface area contributed by atoms with E-state index in [0.717, 1.165) is 64.3 Å². The third-order valence-corrected chi connectivity index (χ3v) is 4.81. The minimum atomic E-state index is -0.742. The van der Waals surface area contributed by atoms with Gasteiger partial charge >= 0.3 is 5.97 Å². The monoisotopic (exact) mass is 353 g/mol. The molecule has 1 amide bonds. The Morgan fingerprint density at radius 3 is 2.72 bits per heavy atom. The number of aliphatic carboxylic acids is 1. The maximum Gasteiger partial charge on any atom is 0.303 e. The van der Waals surface area contributed by atoms with Gasteiger partial charge in [0.15, 0.2) is 0 Å². The van der Waals surface area contributed by atoms with Crippen LogP contribution in [0.25, 0.3) is 0 Å². The summed E-state index contributed by atoms with van der Waals surface area (Å²) in [6.45, 7) is 2.88. The summed E-state index contributed by atoms with van der Waals surface area (Å²) in [7, 11) is 0. The highest BCUT2D eigenvalue weighted by Gasteiger charge is 2.25. The SMILES string of the molecule is CCCCCC(O)/C=C/[C@H]1CCCC(=O)N1CCCCCCC(=O)O. The number of carboxylic acid groups (broad SMARTS) is 1. The van der Waals surface area contributed by atoms with E-state index in [4.69, 9.17) is 5.11 Å². The molecule has 0 radical (unpaired) electrons. The standard InChI is InChI=1S/C20H35NO4/c1-2-3-6-11-18(22)15-14-17-10-9-12-19(23)21(17)16-8-5-4-7-13-20(24)25/h14-15,17-18,22H,2-13,16H2,1H3,(H,24,25)/b15-14+/t17-,18?/m1/s1. The molecule has 0 bridgehead atoms. The van der Waals surface area contributed by atoms with Gasteiger partial charge in [-0.05, 0) is 32.1 Å². The number of carbonyl (C=O) groups is 2. The Balaban J connectivity index is 2.36. The van der Waals surface area contributed by atoms with Gasteiger partial charge in [0, 0.05) is 19.4 Å². The number of carboxylic acids is 1. The Morgan fingerprint density at radius 2 is 2.00 bits per heavy atom. The summed E-state index contributed by atoms with van der Waals surface area (Å²) >= 11 is 0. The number of likely N-dealkylation sites (tertiary alicyclic amines) is 1. The summed E-state index contributed by atoms with van der Waals surface area (Å²) < 4.78 is 0. The minimum absolute atomic E-state index is 0.0982. The van der Waals surface area contributed by atoms with E-state index in [0.29, 0.717) is 12.8 Å². The van der Waals surface area contributed by atoms with Crippen molar-refractivity contribution in [3.05, 3.63) is 12.2 Å². The maximum absolute atomic E-state index is 12.2. The molecular formula is C20H35NO4. The molecule has 2 N–H and O–H groups in total. The number of rotatable bonds is 13. The molecular weight excluding hydrogens is 318 g/mol. The number of unbranched alkanes of at least 4 members (excludes halogenated alkanes) is 5. The summed E-state index contributed by atoms with van der Waals surface area (Å²) in [5, 5.41) is 18.7. The van der Waals surface area contributed by atoms with Gasteiger partial charge in [0.25, 0.3) is 0 Å². The molecule has 0 aromatic rings. The topological polar surface area (TPSA) is 77.8 Å². The molecule has 25 heavy (non-hydrogen) atoms. The first-order valence-electron chi connectivity index (χ1n) is 9.92. The summed E-state index contributed by atoms with van der Waals surface area (Å²) in [5.74, 6) is -0.541. The van der Waals surface area contributed by atoms with Crippen molar-refractivity contribution >= 4 is 11.9 Å². The van der Waals surface area contributed by atoms with Crippen molar-refractivity contribution < 1.29 is 19.8 Å². The van der Waals surface area contributed by atoms with E-state index in [2.05, 4.69) is 6.92 Å². The van der Waals surface area contributed by atoms with Crippen LogP contribution in [0.3, 0.4) is 0 Å². The average Bonchev–Trinajstić information content (AvgIpc) is 2.57. The lowest BCUT2D eigenvalue weighted by molar-refractivity contribution is -0.137. The van der Waals surface area contributed by atoms with E-state index in [-0.39, 0.29) is 18.4 Å². The van der Waals surface area contributed by atoms with Crippen LogP contribution in [-0.4, -0.2) is 45.7 Å². The van der Waals surface area contributed by atoms with Gasteiger partial charge in [0.2, 0.25) is 5.91 Å². The number of amides is 1. The third-order valence-electron chi connectivity index (χ3n) is 4.81. The molecule has 0 aromatic carbocycles. The van der Waals surface area contributed by atoms with Gasteiger partial charge in [-0.15, -0.1) is 0 Å². The van der Waals surface area contributed by atoms with Gasteiger partial charge in [-0.1, -0.05) is 51.2 Å². The third kappa shape index (κ3) is 9.63. The van der Waals surface area contributed by atoms with E-state index in [1.165, 1.54) is 0 Å². The number of carbonyl (C=O) groups excluding carboxylic acids is 1. The summed E-state index contributed by atoms with van der Waals surface area (Å²) in [4.78, 5) is 24.7. The highest BCUT2D eigenvalue weighted by atomic mass is 16.4. The zero-order chi connectivity index (χ0) is 18.5. The molecule has 5 nitrogen and oxygen atoms in total. The number of aliphatic hydroxyl groups excluding tert-OH is 1. The summed E-state index contributed by atoms with van der Waals surface area (Å²) in [6.07, 6.45) is 13.7. The Kier molecular flexibility index (Phi) is 11.2. The fraction of sp³-hybridized carbons (Fsp3) is 0.800. The lowest BCUT2D eigenvalue weighted by Crippen LogP contribution is -2.43. The maximum atomic E-state index is 12.2. The van der Waals surface area contributed by atoms with Crippen LogP contribution in [0.2, 0.25) is 0 Å².